The molecule has 0 amide bonds. The van der Waals surface area contributed by atoms with E-state index in [0.717, 1.165) is 18.4 Å². The first kappa shape index (κ1) is 19.6. The van der Waals surface area contributed by atoms with Crippen molar-refractivity contribution in [2.24, 2.45) is 17.8 Å². The number of aliphatic hydroxyl groups is 2. The van der Waals surface area contributed by atoms with E-state index < -0.39 is 6.10 Å². The molecule has 2 aliphatic rings. The van der Waals surface area contributed by atoms with Gasteiger partial charge in [-0.15, -0.1) is 0 Å². The van der Waals surface area contributed by atoms with Crippen molar-refractivity contribution in [3.63, 3.8) is 0 Å². The minimum Gasteiger partial charge on any atom is -0.393 e. The van der Waals surface area contributed by atoms with Crippen LogP contribution in [0.1, 0.15) is 55.8 Å². The molecule has 0 radical (unpaired) electrons. The Morgan fingerprint density at radius 1 is 1.12 bits per heavy atom. The van der Waals surface area contributed by atoms with Crippen molar-refractivity contribution in [1.82, 2.24) is 4.90 Å². The minimum atomic E-state index is -0.562. The highest BCUT2D eigenvalue weighted by atomic mass is 16.3. The van der Waals surface area contributed by atoms with E-state index in [-0.39, 0.29) is 12.0 Å². The Bertz CT molecular complexity index is 607. The molecular formula is C23H35NO2. The molecule has 0 unspecified atom stereocenters. The third-order valence-electron chi connectivity index (χ3n) is 6.34. The van der Waals surface area contributed by atoms with Crippen LogP contribution in [0.3, 0.4) is 0 Å². The van der Waals surface area contributed by atoms with Crippen LogP contribution in [-0.4, -0.2) is 41.9 Å². The van der Waals surface area contributed by atoms with Gasteiger partial charge < -0.3 is 15.1 Å². The molecule has 0 bridgehead atoms. The number of rotatable bonds is 8. The third-order valence-corrected chi connectivity index (χ3v) is 6.34. The van der Waals surface area contributed by atoms with E-state index in [9.17, 15) is 10.2 Å². The summed E-state index contributed by atoms with van der Waals surface area (Å²) in [7, 11) is 4.26. The number of unbranched alkanes of at least 4 members (excludes halogenated alkanes) is 2. The Labute approximate surface area is 158 Å². The quantitative estimate of drug-likeness (QED) is 0.544. The summed E-state index contributed by atoms with van der Waals surface area (Å²) < 4.78 is 0. The van der Waals surface area contributed by atoms with Crippen LogP contribution in [0.15, 0.2) is 35.9 Å². The standard InChI is InChI=1S/C23H35NO2/c1-16-8-10-18(11-9-16)23(26)22-20-14-17(13-19(20)15-21(22)25)7-5-4-6-12-24(2)3/h8-11,13,19-23,25-26H,4-7,12,14-15H2,1-3H3/t19-,20-,21+,22+,23-/m0/s1. The molecule has 2 N–H and O–H groups in total. The normalized spacial score (nSPS) is 29.1. The molecule has 1 aromatic carbocycles. The first-order valence-electron chi connectivity index (χ1n) is 10.2. The van der Waals surface area contributed by atoms with Gasteiger partial charge in [0.2, 0.25) is 0 Å². The average molecular weight is 358 g/mol. The monoisotopic (exact) mass is 357 g/mol. The largest absolute Gasteiger partial charge is 0.393 e. The maximum atomic E-state index is 10.9. The molecule has 2 aliphatic carbocycles. The van der Waals surface area contributed by atoms with Gasteiger partial charge in [0.15, 0.2) is 0 Å². The van der Waals surface area contributed by atoms with Crippen LogP contribution in [0.25, 0.3) is 0 Å². The smallest absolute Gasteiger partial charge is 0.0845 e. The lowest BCUT2D eigenvalue weighted by atomic mass is 9.82. The van der Waals surface area contributed by atoms with Gasteiger partial charge in [-0.2, -0.15) is 0 Å². The van der Waals surface area contributed by atoms with Crippen molar-refractivity contribution in [2.75, 3.05) is 20.6 Å². The summed E-state index contributed by atoms with van der Waals surface area (Å²) in [5.74, 6) is 0.815. The van der Waals surface area contributed by atoms with E-state index in [1.54, 1.807) is 5.57 Å². The number of benzene rings is 1. The second-order valence-electron chi connectivity index (χ2n) is 8.71. The second kappa shape index (κ2) is 8.69. The predicted octanol–water partition coefficient (Wildman–Crippen LogP) is 4.09. The van der Waals surface area contributed by atoms with Crippen LogP contribution < -0.4 is 0 Å². The lowest BCUT2D eigenvalue weighted by Gasteiger charge is -2.27. The first-order chi connectivity index (χ1) is 12.5. The van der Waals surface area contributed by atoms with E-state index in [1.807, 2.05) is 24.3 Å². The van der Waals surface area contributed by atoms with Gasteiger partial charge in [-0.3, -0.25) is 0 Å². The molecule has 0 spiro atoms. The lowest BCUT2D eigenvalue weighted by molar-refractivity contribution is 0.0109. The Morgan fingerprint density at radius 2 is 1.85 bits per heavy atom. The second-order valence-corrected chi connectivity index (χ2v) is 8.71. The lowest BCUT2D eigenvalue weighted by Crippen LogP contribution is -2.26. The summed E-state index contributed by atoms with van der Waals surface area (Å²) >= 11 is 0. The van der Waals surface area contributed by atoms with E-state index >= 15 is 0 Å². The molecular weight excluding hydrogens is 322 g/mol. The fourth-order valence-corrected chi connectivity index (χ4v) is 4.91. The van der Waals surface area contributed by atoms with Gasteiger partial charge in [-0.25, -0.2) is 0 Å². The van der Waals surface area contributed by atoms with Crippen LogP contribution in [0.4, 0.5) is 0 Å². The molecule has 0 aliphatic heterocycles. The molecule has 1 saturated carbocycles. The fourth-order valence-electron chi connectivity index (χ4n) is 4.91. The van der Waals surface area contributed by atoms with Crippen molar-refractivity contribution in [1.29, 1.82) is 0 Å². The van der Waals surface area contributed by atoms with Gasteiger partial charge in [0.1, 0.15) is 0 Å². The SMILES string of the molecule is Cc1ccc([C@H](O)[C@@H]2[C@H]3CC(CCCCCN(C)C)=C[C@H]3C[C@H]2O)cc1. The zero-order valence-corrected chi connectivity index (χ0v) is 16.6. The predicted molar refractivity (Wildman–Crippen MR) is 107 cm³/mol. The number of hydrogen-bond acceptors (Lipinski definition) is 3. The molecule has 3 rings (SSSR count). The molecule has 0 aromatic heterocycles. The van der Waals surface area contributed by atoms with E-state index in [0.29, 0.717) is 11.8 Å². The van der Waals surface area contributed by atoms with Gasteiger partial charge >= 0.3 is 0 Å². The summed E-state index contributed by atoms with van der Waals surface area (Å²) in [6.07, 6.45) is 8.32. The molecule has 3 nitrogen and oxygen atoms in total. The Kier molecular flexibility index (Phi) is 6.55. The zero-order chi connectivity index (χ0) is 18.7. The zero-order valence-electron chi connectivity index (χ0n) is 16.6. The third kappa shape index (κ3) is 4.57. The number of hydrogen-bond donors (Lipinski definition) is 2. The molecule has 1 fully saturated rings. The summed E-state index contributed by atoms with van der Waals surface area (Å²) in [5.41, 5.74) is 3.69. The Morgan fingerprint density at radius 3 is 2.54 bits per heavy atom. The topological polar surface area (TPSA) is 43.7 Å². The summed E-state index contributed by atoms with van der Waals surface area (Å²) in [5, 5.41) is 21.5. The molecule has 144 valence electrons. The summed E-state index contributed by atoms with van der Waals surface area (Å²) in [6, 6.07) is 8.11. The molecule has 0 saturated heterocycles. The van der Waals surface area contributed by atoms with Gasteiger partial charge in [-0.05, 0) is 77.1 Å². The van der Waals surface area contributed by atoms with Crippen molar-refractivity contribution in [2.45, 2.75) is 57.7 Å². The number of aryl methyl sites for hydroxylation is 1. The number of nitrogens with zero attached hydrogens (tertiary/aromatic N) is 1. The number of aliphatic hydroxyl groups excluding tert-OH is 2. The first-order valence-corrected chi connectivity index (χ1v) is 10.2. The van der Waals surface area contributed by atoms with Gasteiger partial charge in [0.05, 0.1) is 12.2 Å². The maximum Gasteiger partial charge on any atom is 0.0845 e. The van der Waals surface area contributed by atoms with Crippen molar-refractivity contribution < 1.29 is 10.2 Å². The van der Waals surface area contributed by atoms with Crippen LogP contribution in [0.5, 0.6) is 0 Å². The molecule has 5 atom stereocenters. The van der Waals surface area contributed by atoms with Crippen LogP contribution in [-0.2, 0) is 0 Å². The van der Waals surface area contributed by atoms with Crippen molar-refractivity contribution in [3.8, 4) is 0 Å². The number of fused-ring (bicyclic) bond motifs is 1. The van der Waals surface area contributed by atoms with Gasteiger partial charge in [0, 0.05) is 5.92 Å². The van der Waals surface area contributed by atoms with Crippen molar-refractivity contribution in [3.05, 3.63) is 47.0 Å². The van der Waals surface area contributed by atoms with E-state index in [2.05, 4.69) is 32.0 Å². The summed E-state index contributed by atoms with van der Waals surface area (Å²) in [6.45, 7) is 3.23. The molecule has 26 heavy (non-hydrogen) atoms. The van der Waals surface area contributed by atoms with E-state index in [1.165, 1.54) is 37.8 Å². The highest BCUT2D eigenvalue weighted by Gasteiger charge is 2.47. The van der Waals surface area contributed by atoms with Gasteiger partial charge in [-0.1, -0.05) is 47.9 Å². The summed E-state index contributed by atoms with van der Waals surface area (Å²) in [4.78, 5) is 2.25. The number of allylic oxidation sites excluding steroid dienone is 2. The van der Waals surface area contributed by atoms with Gasteiger partial charge in [0.25, 0.3) is 0 Å². The molecule has 0 heterocycles. The Hall–Kier alpha value is -1.16. The fraction of sp³-hybridized carbons (Fsp3) is 0.652. The Balaban J connectivity index is 1.55. The molecule has 1 aromatic rings. The van der Waals surface area contributed by atoms with Crippen LogP contribution in [0.2, 0.25) is 0 Å². The van der Waals surface area contributed by atoms with Crippen LogP contribution in [0, 0.1) is 24.7 Å². The highest BCUT2D eigenvalue weighted by molar-refractivity contribution is 5.26. The average Bonchev–Trinajstić information content (AvgIpc) is 3.10. The highest BCUT2D eigenvalue weighted by Crippen LogP contribution is 2.51. The van der Waals surface area contributed by atoms with Crippen molar-refractivity contribution >= 4 is 0 Å². The molecule has 3 heteroatoms. The van der Waals surface area contributed by atoms with Crippen LogP contribution >= 0.6 is 0 Å². The minimum absolute atomic E-state index is 0.0369. The van der Waals surface area contributed by atoms with E-state index in [4.69, 9.17) is 0 Å². The maximum absolute atomic E-state index is 10.9.